The molecule has 1 aliphatic rings. The van der Waals surface area contributed by atoms with Crippen LogP contribution in [0.1, 0.15) is 47.2 Å². The Balaban J connectivity index is 1.67. The predicted octanol–water partition coefficient (Wildman–Crippen LogP) is 3.78. The largest absolute Gasteiger partial charge is 0.490 e. The summed E-state index contributed by atoms with van der Waals surface area (Å²) in [7, 11) is 0. The summed E-state index contributed by atoms with van der Waals surface area (Å²) < 4.78 is 7.41. The summed E-state index contributed by atoms with van der Waals surface area (Å²) in [6.45, 7) is 6.86. The lowest BCUT2D eigenvalue weighted by molar-refractivity contribution is 0.0672. The normalized spacial score (nSPS) is 15.9. The number of hydrogen-bond acceptors (Lipinski definition) is 5. The number of benzene rings is 1. The molecule has 0 unspecified atom stereocenters. The summed E-state index contributed by atoms with van der Waals surface area (Å²) in [5, 5.41) is 9.19. The Morgan fingerprint density at radius 2 is 2.14 bits per heavy atom. The minimum atomic E-state index is -0.226. The van der Waals surface area contributed by atoms with E-state index in [0.717, 1.165) is 17.0 Å². The zero-order chi connectivity index (χ0) is 20.5. The number of rotatable bonds is 4. The van der Waals surface area contributed by atoms with Gasteiger partial charge in [-0.25, -0.2) is 4.98 Å². The molecule has 2 aromatic heterocycles. The number of halogens is 1. The molecule has 1 aromatic carbocycles. The molecule has 3 heterocycles. The first-order valence-electron chi connectivity index (χ1n) is 9.61. The quantitative estimate of drug-likeness (QED) is 0.653. The van der Waals surface area contributed by atoms with E-state index in [4.69, 9.17) is 16.3 Å². The summed E-state index contributed by atoms with van der Waals surface area (Å²) >= 11 is 6.38. The molecule has 0 saturated heterocycles. The van der Waals surface area contributed by atoms with Crippen molar-refractivity contribution in [1.29, 1.82) is 0 Å². The van der Waals surface area contributed by atoms with Gasteiger partial charge in [0.25, 0.3) is 5.91 Å². The standard InChI is InChI=1S/C21H22ClN5O2/c1-4-29-17-9-6-11-23-20(17)27-16-10-12-26(14(3)19(16)24-25-27)21(28)15-8-5-7-13(2)18(15)22/h5-9,11,14H,4,10,12H2,1-3H3/t14-/m0/s1. The fourth-order valence-electron chi connectivity index (χ4n) is 3.66. The molecular weight excluding hydrogens is 390 g/mol. The van der Waals surface area contributed by atoms with Gasteiger partial charge in [0.1, 0.15) is 5.69 Å². The van der Waals surface area contributed by atoms with Crippen molar-refractivity contribution >= 4 is 17.5 Å². The van der Waals surface area contributed by atoms with Crippen molar-refractivity contribution < 1.29 is 9.53 Å². The van der Waals surface area contributed by atoms with E-state index in [1.165, 1.54) is 0 Å². The monoisotopic (exact) mass is 411 g/mol. The molecule has 29 heavy (non-hydrogen) atoms. The number of aromatic nitrogens is 4. The summed E-state index contributed by atoms with van der Waals surface area (Å²) in [5.74, 6) is 1.16. The molecule has 4 rings (SSSR count). The fourth-order valence-corrected chi connectivity index (χ4v) is 3.87. The Hall–Kier alpha value is -2.93. The third-order valence-corrected chi connectivity index (χ3v) is 5.68. The number of hydrogen-bond donors (Lipinski definition) is 0. The van der Waals surface area contributed by atoms with Crippen molar-refractivity contribution in [2.45, 2.75) is 33.2 Å². The highest BCUT2D eigenvalue weighted by molar-refractivity contribution is 6.34. The maximum Gasteiger partial charge on any atom is 0.255 e. The van der Waals surface area contributed by atoms with E-state index in [0.29, 0.717) is 41.7 Å². The Morgan fingerprint density at radius 1 is 1.31 bits per heavy atom. The lowest BCUT2D eigenvalue weighted by Crippen LogP contribution is -2.39. The van der Waals surface area contributed by atoms with Crippen molar-refractivity contribution in [1.82, 2.24) is 24.9 Å². The Bertz CT molecular complexity index is 1060. The highest BCUT2D eigenvalue weighted by Gasteiger charge is 2.34. The topological polar surface area (TPSA) is 73.1 Å². The van der Waals surface area contributed by atoms with Crippen LogP contribution in [0.4, 0.5) is 0 Å². The van der Waals surface area contributed by atoms with Crippen molar-refractivity contribution in [3.8, 4) is 11.6 Å². The van der Waals surface area contributed by atoms with E-state index in [-0.39, 0.29) is 11.9 Å². The number of fused-ring (bicyclic) bond motifs is 1. The van der Waals surface area contributed by atoms with Gasteiger partial charge in [-0.2, -0.15) is 4.68 Å². The van der Waals surface area contributed by atoms with Gasteiger partial charge in [-0.1, -0.05) is 28.9 Å². The van der Waals surface area contributed by atoms with Gasteiger partial charge in [0.05, 0.1) is 28.9 Å². The number of carbonyl (C=O) groups is 1. The molecule has 0 N–H and O–H groups in total. The van der Waals surface area contributed by atoms with E-state index < -0.39 is 0 Å². The van der Waals surface area contributed by atoms with E-state index in [1.807, 2.05) is 45.0 Å². The lowest BCUT2D eigenvalue weighted by atomic mass is 10.0. The molecule has 0 fully saturated rings. The SMILES string of the molecule is CCOc1cccnc1-n1nnc2c1CCN(C(=O)c1cccc(C)c1Cl)[C@H]2C. The first kappa shape index (κ1) is 19.4. The summed E-state index contributed by atoms with van der Waals surface area (Å²) in [4.78, 5) is 19.4. The fraction of sp³-hybridized carbons (Fsp3) is 0.333. The molecule has 7 nitrogen and oxygen atoms in total. The first-order chi connectivity index (χ1) is 14.0. The van der Waals surface area contributed by atoms with Crippen molar-refractivity contribution in [2.24, 2.45) is 0 Å². The molecule has 0 bridgehead atoms. The van der Waals surface area contributed by atoms with E-state index >= 15 is 0 Å². The number of carbonyl (C=O) groups excluding carboxylic acids is 1. The highest BCUT2D eigenvalue weighted by atomic mass is 35.5. The average Bonchev–Trinajstić information content (AvgIpc) is 3.15. The van der Waals surface area contributed by atoms with E-state index in [2.05, 4.69) is 15.3 Å². The van der Waals surface area contributed by atoms with E-state index in [9.17, 15) is 4.79 Å². The number of aryl methyl sites for hydroxylation is 1. The smallest absolute Gasteiger partial charge is 0.255 e. The van der Waals surface area contributed by atoms with Gasteiger partial charge in [0, 0.05) is 19.2 Å². The minimum absolute atomic E-state index is 0.0979. The van der Waals surface area contributed by atoms with Gasteiger partial charge in [0.15, 0.2) is 11.6 Å². The van der Waals surface area contributed by atoms with Gasteiger partial charge < -0.3 is 9.64 Å². The molecule has 150 valence electrons. The van der Waals surface area contributed by atoms with Crippen LogP contribution in [0.5, 0.6) is 5.75 Å². The molecule has 0 saturated carbocycles. The third kappa shape index (κ3) is 3.35. The van der Waals surface area contributed by atoms with Crippen LogP contribution in [0, 0.1) is 6.92 Å². The maximum atomic E-state index is 13.2. The van der Waals surface area contributed by atoms with Gasteiger partial charge >= 0.3 is 0 Å². The van der Waals surface area contributed by atoms with Gasteiger partial charge in [-0.15, -0.1) is 5.10 Å². The van der Waals surface area contributed by atoms with Crippen molar-refractivity contribution in [3.63, 3.8) is 0 Å². The summed E-state index contributed by atoms with van der Waals surface area (Å²) in [6.07, 6.45) is 2.32. The Morgan fingerprint density at radius 3 is 2.93 bits per heavy atom. The molecule has 0 spiro atoms. The number of amides is 1. The molecule has 1 amide bonds. The second kappa shape index (κ2) is 7.83. The molecular formula is C21H22ClN5O2. The summed E-state index contributed by atoms with van der Waals surface area (Å²) in [6, 6.07) is 8.97. The van der Waals surface area contributed by atoms with Gasteiger partial charge in [-0.05, 0) is 44.5 Å². The van der Waals surface area contributed by atoms with Gasteiger partial charge in [0.2, 0.25) is 0 Å². The Kier molecular flexibility index (Phi) is 5.24. The number of ether oxygens (including phenoxy) is 1. The molecule has 0 aliphatic carbocycles. The second-order valence-corrected chi connectivity index (χ2v) is 7.33. The molecule has 8 heteroatoms. The van der Waals surface area contributed by atoms with Crippen LogP contribution in [-0.2, 0) is 6.42 Å². The van der Waals surface area contributed by atoms with Crippen LogP contribution in [0.15, 0.2) is 36.5 Å². The second-order valence-electron chi connectivity index (χ2n) is 6.95. The van der Waals surface area contributed by atoms with Crippen LogP contribution < -0.4 is 4.74 Å². The number of nitrogens with zero attached hydrogens (tertiary/aromatic N) is 5. The van der Waals surface area contributed by atoms with Crippen LogP contribution in [0.3, 0.4) is 0 Å². The van der Waals surface area contributed by atoms with Crippen LogP contribution in [0.2, 0.25) is 5.02 Å². The number of pyridine rings is 1. The molecule has 0 radical (unpaired) electrons. The summed E-state index contributed by atoms with van der Waals surface area (Å²) in [5.41, 5.74) is 3.10. The minimum Gasteiger partial charge on any atom is -0.490 e. The molecule has 3 aromatic rings. The van der Waals surface area contributed by atoms with Gasteiger partial charge in [-0.3, -0.25) is 4.79 Å². The average molecular weight is 412 g/mol. The van der Waals surface area contributed by atoms with Crippen LogP contribution >= 0.6 is 11.6 Å². The van der Waals surface area contributed by atoms with Crippen molar-refractivity contribution in [2.75, 3.05) is 13.2 Å². The third-order valence-electron chi connectivity index (χ3n) is 5.18. The van der Waals surface area contributed by atoms with Crippen LogP contribution in [-0.4, -0.2) is 43.9 Å². The first-order valence-corrected chi connectivity index (χ1v) is 9.99. The van der Waals surface area contributed by atoms with E-state index in [1.54, 1.807) is 21.8 Å². The predicted molar refractivity (Wildman–Crippen MR) is 110 cm³/mol. The zero-order valence-electron chi connectivity index (χ0n) is 16.6. The van der Waals surface area contributed by atoms with Crippen LogP contribution in [0.25, 0.3) is 5.82 Å². The van der Waals surface area contributed by atoms with Crippen molar-refractivity contribution in [3.05, 3.63) is 64.1 Å². The molecule has 1 atom stereocenters. The maximum absolute atomic E-state index is 13.2. The zero-order valence-corrected chi connectivity index (χ0v) is 17.3. The highest BCUT2D eigenvalue weighted by Crippen LogP contribution is 2.33. The Labute approximate surface area is 174 Å². The molecule has 1 aliphatic heterocycles. The lowest BCUT2D eigenvalue weighted by Gasteiger charge is -2.33.